The van der Waals surface area contributed by atoms with Crippen LogP contribution in [0.2, 0.25) is 0 Å². The van der Waals surface area contributed by atoms with Crippen LogP contribution in [0, 0.1) is 0 Å². The fraction of sp³-hybridized carbons (Fsp3) is 0.750. The van der Waals surface area contributed by atoms with E-state index in [1.54, 1.807) is 0 Å². The lowest BCUT2D eigenvalue weighted by Gasteiger charge is -1.93. The van der Waals surface area contributed by atoms with Crippen molar-refractivity contribution in [1.82, 2.24) is 5.32 Å². The lowest BCUT2D eigenvalue weighted by molar-refractivity contribution is 0.249. The van der Waals surface area contributed by atoms with E-state index in [4.69, 9.17) is 5.73 Å². The number of rotatable bonds is 2. The smallest absolute Gasteiger partial charge is 0.312 e. The number of carbonyl (C=O) groups is 1. The zero-order valence-corrected chi connectivity index (χ0v) is 4.40. The van der Waals surface area contributed by atoms with Crippen LogP contribution in [-0.4, -0.2) is 12.6 Å². The molecule has 7 heavy (non-hydrogen) atoms. The second-order valence-corrected chi connectivity index (χ2v) is 1.29. The van der Waals surface area contributed by atoms with Crippen molar-refractivity contribution >= 4 is 6.03 Å². The van der Waals surface area contributed by atoms with E-state index in [2.05, 4.69) is 5.32 Å². The molecule has 2 amide bonds. The van der Waals surface area contributed by atoms with E-state index in [0.717, 1.165) is 6.42 Å². The van der Waals surface area contributed by atoms with Gasteiger partial charge in [0.25, 0.3) is 0 Å². The molecule has 0 rings (SSSR count). The van der Waals surface area contributed by atoms with Crippen LogP contribution in [0.15, 0.2) is 0 Å². The number of urea groups is 1. The van der Waals surface area contributed by atoms with Crippen molar-refractivity contribution in [2.45, 2.75) is 13.3 Å². The van der Waals surface area contributed by atoms with E-state index < -0.39 is 6.03 Å². The molecule has 3 N–H and O–H groups in total. The van der Waals surface area contributed by atoms with Gasteiger partial charge in [0.05, 0.1) is 0 Å². The maximum atomic E-state index is 9.87. The number of amides is 2. The van der Waals surface area contributed by atoms with Crippen molar-refractivity contribution < 1.29 is 7.65 Å². The Morgan fingerprint density at radius 3 is 2.71 bits per heavy atom. The molecule has 0 unspecified atom stereocenters. The van der Waals surface area contributed by atoms with Crippen LogP contribution in [0.3, 0.4) is 0 Å². The van der Waals surface area contributed by atoms with Gasteiger partial charge in [-0.1, -0.05) is 6.92 Å². The van der Waals surface area contributed by atoms with E-state index in [9.17, 15) is 4.79 Å². The molecule has 0 aliphatic carbocycles. The Kier molecular flexibility index (Phi) is 3.10. The lowest BCUT2D eigenvalue weighted by atomic mass is 10.5. The molecule has 0 fully saturated rings. The predicted molar refractivity (Wildman–Crippen MR) is 32.1 cm³/mol. The lowest BCUT2D eigenvalue weighted by Crippen LogP contribution is -2.29. The van der Waals surface area contributed by atoms with Gasteiger partial charge in [0.15, 0.2) is 0 Å². The third-order valence-corrected chi connectivity index (χ3v) is 0.549. The molecule has 0 atom stereocenters. The average Bonchev–Trinajstić information content (AvgIpc) is 1.61. The number of primary amides is 1. The summed E-state index contributed by atoms with van der Waals surface area (Å²) in [7, 11) is 0. The molecule has 0 spiro atoms. The number of nitrogens with one attached hydrogen (secondary N) is 1. The summed E-state index contributed by atoms with van der Waals surface area (Å²) in [5, 5.41) is 2.43. The Morgan fingerprint density at radius 2 is 2.57 bits per heavy atom. The molecule has 0 aromatic rings. The predicted octanol–water partition coefficient (Wildman–Crippen LogP) is 0.557. The van der Waals surface area contributed by atoms with Gasteiger partial charge in [-0.25, -0.2) is 4.79 Å². The Labute approximate surface area is 45.9 Å². The molecule has 0 saturated heterocycles. The zero-order chi connectivity index (χ0) is 5.70. The molecular formula is C4H14N2O. The molecule has 3 heteroatoms. The van der Waals surface area contributed by atoms with Crippen molar-refractivity contribution in [3.8, 4) is 0 Å². The van der Waals surface area contributed by atoms with Gasteiger partial charge in [0.1, 0.15) is 0 Å². The van der Waals surface area contributed by atoms with Crippen molar-refractivity contribution in [2.24, 2.45) is 5.73 Å². The van der Waals surface area contributed by atoms with E-state index >= 15 is 0 Å². The van der Waals surface area contributed by atoms with Crippen LogP contribution >= 0.6 is 0 Å². The van der Waals surface area contributed by atoms with E-state index in [-0.39, 0.29) is 2.85 Å². The summed E-state index contributed by atoms with van der Waals surface area (Å²) in [6.45, 7) is 2.64. The highest BCUT2D eigenvalue weighted by atomic mass is 16.2. The Bertz CT molecular complexity index is 69.6. The van der Waals surface area contributed by atoms with Crippen LogP contribution in [0.4, 0.5) is 4.79 Å². The number of nitrogens with two attached hydrogens (primary N) is 1. The first-order valence-electron chi connectivity index (χ1n) is 2.30. The summed E-state index contributed by atoms with van der Waals surface area (Å²) in [5.74, 6) is 0. The second kappa shape index (κ2) is 3.46. The van der Waals surface area contributed by atoms with Gasteiger partial charge < -0.3 is 11.1 Å². The standard InChI is InChI=1S/C4H10N2O.2H2/c1-2-3-6-4(5)7;;/h2-3H2,1H3,(H3,5,6,7);2*1H. The van der Waals surface area contributed by atoms with Gasteiger partial charge in [-0.05, 0) is 6.42 Å². The van der Waals surface area contributed by atoms with Crippen molar-refractivity contribution in [2.75, 3.05) is 6.54 Å². The van der Waals surface area contributed by atoms with Crippen molar-refractivity contribution in [3.05, 3.63) is 0 Å². The first-order valence-corrected chi connectivity index (χ1v) is 2.30. The highest BCUT2D eigenvalue weighted by Gasteiger charge is 1.83. The van der Waals surface area contributed by atoms with Crippen LogP contribution in [0.5, 0.6) is 0 Å². The molecule has 0 aromatic heterocycles. The van der Waals surface area contributed by atoms with Gasteiger partial charge in [0, 0.05) is 9.40 Å². The quantitative estimate of drug-likeness (QED) is 0.531. The molecule has 0 aromatic carbocycles. The Hall–Kier alpha value is -0.730. The second-order valence-electron chi connectivity index (χ2n) is 1.29. The Morgan fingerprint density at radius 1 is 2.00 bits per heavy atom. The molecule has 0 heterocycles. The number of hydrogen-bond acceptors (Lipinski definition) is 1. The van der Waals surface area contributed by atoms with Gasteiger partial charge >= 0.3 is 6.03 Å². The fourth-order valence-corrected chi connectivity index (χ4v) is 0.248. The van der Waals surface area contributed by atoms with Crippen LogP contribution < -0.4 is 11.1 Å². The minimum Gasteiger partial charge on any atom is -0.352 e. The molecule has 0 saturated carbocycles. The monoisotopic (exact) mass is 106 g/mol. The first-order chi connectivity index (χ1) is 3.27. The highest BCUT2D eigenvalue weighted by Crippen LogP contribution is 1.66. The SMILES string of the molecule is CCCNC(N)=O.[HH].[HH]. The van der Waals surface area contributed by atoms with Crippen LogP contribution in [-0.2, 0) is 0 Å². The maximum Gasteiger partial charge on any atom is 0.312 e. The summed E-state index contributed by atoms with van der Waals surface area (Å²) < 4.78 is 0. The van der Waals surface area contributed by atoms with E-state index in [0.29, 0.717) is 6.54 Å². The zero-order valence-electron chi connectivity index (χ0n) is 4.40. The topological polar surface area (TPSA) is 55.1 Å². The summed E-state index contributed by atoms with van der Waals surface area (Å²) in [6.07, 6.45) is 0.933. The van der Waals surface area contributed by atoms with Crippen molar-refractivity contribution in [1.29, 1.82) is 0 Å². The van der Waals surface area contributed by atoms with E-state index in [1.807, 2.05) is 6.92 Å². The maximum absolute atomic E-state index is 9.87. The summed E-state index contributed by atoms with van der Waals surface area (Å²) >= 11 is 0. The first kappa shape index (κ1) is 6.27. The molecule has 46 valence electrons. The molecule has 3 nitrogen and oxygen atoms in total. The average molecular weight is 106 g/mol. The fourth-order valence-electron chi connectivity index (χ4n) is 0.248. The molecule has 0 aliphatic rings. The van der Waals surface area contributed by atoms with Gasteiger partial charge in [-0.2, -0.15) is 0 Å². The summed E-state index contributed by atoms with van der Waals surface area (Å²) in [5.41, 5.74) is 4.73. The third kappa shape index (κ3) is 5.27. The normalized spacial score (nSPS) is 8.14. The molecule has 0 radical (unpaired) electrons. The van der Waals surface area contributed by atoms with Crippen LogP contribution in [0.25, 0.3) is 0 Å². The third-order valence-electron chi connectivity index (χ3n) is 0.549. The largest absolute Gasteiger partial charge is 0.352 e. The van der Waals surface area contributed by atoms with Crippen LogP contribution in [0.1, 0.15) is 16.2 Å². The minimum atomic E-state index is -0.443. The van der Waals surface area contributed by atoms with E-state index in [1.165, 1.54) is 0 Å². The number of carbonyl (C=O) groups excluding carboxylic acids is 1. The number of hydrogen-bond donors (Lipinski definition) is 2. The molecule has 0 aliphatic heterocycles. The minimum absolute atomic E-state index is 0. The Balaban J connectivity index is -0.000000180. The van der Waals surface area contributed by atoms with Crippen molar-refractivity contribution in [3.63, 3.8) is 0 Å². The molecule has 0 bridgehead atoms. The molecular weight excluding hydrogens is 92.1 g/mol. The highest BCUT2D eigenvalue weighted by molar-refractivity contribution is 5.71. The summed E-state index contributed by atoms with van der Waals surface area (Å²) in [6, 6.07) is -0.443. The van der Waals surface area contributed by atoms with Gasteiger partial charge in [0.2, 0.25) is 0 Å². The van der Waals surface area contributed by atoms with Gasteiger partial charge in [-0.15, -0.1) is 0 Å². The summed E-state index contributed by atoms with van der Waals surface area (Å²) in [4.78, 5) is 9.87. The van der Waals surface area contributed by atoms with Gasteiger partial charge in [-0.3, -0.25) is 0 Å².